The van der Waals surface area contributed by atoms with E-state index in [2.05, 4.69) is 33.2 Å². The first-order chi connectivity index (χ1) is 10.7. The van der Waals surface area contributed by atoms with Gasteiger partial charge in [-0.1, -0.05) is 6.92 Å². The van der Waals surface area contributed by atoms with Gasteiger partial charge in [0.2, 0.25) is 0 Å². The number of hydrogen-bond donors (Lipinski definition) is 1. The molecule has 5 heteroatoms. The number of nitrogens with zero attached hydrogens (tertiary/aromatic N) is 4. The molecule has 2 heterocycles. The number of rotatable bonds is 3. The second kappa shape index (κ2) is 6.44. The Hall–Kier alpha value is -2.61. The molecule has 1 N–H and O–H groups in total. The molecule has 3 rings (SSSR count). The van der Waals surface area contributed by atoms with Gasteiger partial charge in [0.25, 0.3) is 0 Å². The highest BCUT2D eigenvalue weighted by Gasteiger charge is 2.17. The van der Waals surface area contributed by atoms with Crippen molar-refractivity contribution in [2.24, 2.45) is 5.92 Å². The molecular weight excluding hydrogens is 274 g/mol. The van der Waals surface area contributed by atoms with E-state index in [0.717, 1.165) is 30.4 Å². The molecule has 1 unspecified atom stereocenters. The summed E-state index contributed by atoms with van der Waals surface area (Å²) in [5, 5.41) is 12.1. The van der Waals surface area contributed by atoms with Crippen molar-refractivity contribution in [2.75, 3.05) is 23.3 Å². The van der Waals surface area contributed by atoms with Gasteiger partial charge in [-0.05, 0) is 43.0 Å². The zero-order chi connectivity index (χ0) is 15.4. The summed E-state index contributed by atoms with van der Waals surface area (Å²) in [4.78, 5) is 11.0. The molecule has 1 aliphatic rings. The van der Waals surface area contributed by atoms with Gasteiger partial charge < -0.3 is 10.2 Å². The lowest BCUT2D eigenvalue weighted by atomic mass is 10.0. The summed E-state index contributed by atoms with van der Waals surface area (Å²) in [6, 6.07) is 11.4. The van der Waals surface area contributed by atoms with E-state index in [1.165, 1.54) is 12.8 Å². The van der Waals surface area contributed by atoms with Crippen molar-refractivity contribution in [1.82, 2.24) is 9.97 Å². The van der Waals surface area contributed by atoms with Crippen LogP contribution in [0.3, 0.4) is 0 Å². The van der Waals surface area contributed by atoms with Crippen LogP contribution in [0.1, 0.15) is 25.3 Å². The quantitative estimate of drug-likeness (QED) is 0.940. The molecule has 2 aromatic rings. The predicted molar refractivity (Wildman–Crippen MR) is 87.1 cm³/mol. The molecule has 22 heavy (non-hydrogen) atoms. The minimum atomic E-state index is 0.649. The van der Waals surface area contributed by atoms with Crippen molar-refractivity contribution in [2.45, 2.75) is 19.8 Å². The van der Waals surface area contributed by atoms with Crippen molar-refractivity contribution in [1.29, 1.82) is 5.26 Å². The third-order valence-electron chi connectivity index (χ3n) is 3.92. The normalized spacial score (nSPS) is 17.8. The fourth-order valence-corrected chi connectivity index (χ4v) is 2.76. The van der Waals surface area contributed by atoms with Gasteiger partial charge in [-0.15, -0.1) is 0 Å². The van der Waals surface area contributed by atoms with Gasteiger partial charge >= 0.3 is 0 Å². The lowest BCUT2D eigenvalue weighted by Crippen LogP contribution is -2.34. The van der Waals surface area contributed by atoms with Gasteiger partial charge in [-0.3, -0.25) is 0 Å². The van der Waals surface area contributed by atoms with Crippen molar-refractivity contribution in [3.05, 3.63) is 42.2 Å². The summed E-state index contributed by atoms with van der Waals surface area (Å²) in [6.45, 7) is 4.38. The molecule has 112 valence electrons. The van der Waals surface area contributed by atoms with Crippen LogP contribution < -0.4 is 10.2 Å². The van der Waals surface area contributed by atoms with E-state index in [1.54, 1.807) is 18.5 Å². The molecule has 1 saturated heterocycles. The zero-order valence-electron chi connectivity index (χ0n) is 12.7. The average molecular weight is 293 g/mol. The van der Waals surface area contributed by atoms with Gasteiger partial charge in [0.05, 0.1) is 11.6 Å². The molecule has 0 saturated carbocycles. The van der Waals surface area contributed by atoms with Crippen LogP contribution in [-0.4, -0.2) is 23.1 Å². The van der Waals surface area contributed by atoms with E-state index in [4.69, 9.17) is 5.26 Å². The van der Waals surface area contributed by atoms with Crippen LogP contribution in [0, 0.1) is 17.2 Å². The first kappa shape index (κ1) is 14.3. The minimum Gasteiger partial charge on any atom is -0.356 e. The standard InChI is InChI=1S/C17H19N5/c1-13-3-2-8-22(11-13)17-9-16(19-12-20-17)21-15-6-4-14(10-18)5-7-15/h4-7,9,12-13H,2-3,8,11H2,1H3,(H,19,20,21). The van der Waals surface area contributed by atoms with E-state index in [9.17, 15) is 0 Å². The largest absolute Gasteiger partial charge is 0.356 e. The third-order valence-corrected chi connectivity index (χ3v) is 3.92. The van der Waals surface area contributed by atoms with Crippen molar-refractivity contribution >= 4 is 17.3 Å². The molecule has 1 aromatic heterocycles. The SMILES string of the molecule is CC1CCCN(c2cc(Nc3ccc(C#N)cc3)ncn2)C1. The maximum Gasteiger partial charge on any atom is 0.135 e. The maximum absolute atomic E-state index is 8.82. The van der Waals surface area contributed by atoms with Crippen LogP contribution in [0.25, 0.3) is 0 Å². The second-order valence-electron chi connectivity index (χ2n) is 5.77. The van der Waals surface area contributed by atoms with Gasteiger partial charge in [-0.2, -0.15) is 5.26 Å². The summed E-state index contributed by atoms with van der Waals surface area (Å²) >= 11 is 0. The number of piperidine rings is 1. The molecule has 1 atom stereocenters. The Morgan fingerprint density at radius 2 is 2.09 bits per heavy atom. The summed E-state index contributed by atoms with van der Waals surface area (Å²) in [6.07, 6.45) is 4.10. The minimum absolute atomic E-state index is 0.649. The number of benzene rings is 1. The van der Waals surface area contributed by atoms with Crippen LogP contribution in [0.4, 0.5) is 17.3 Å². The average Bonchev–Trinajstić information content (AvgIpc) is 2.56. The summed E-state index contributed by atoms with van der Waals surface area (Å²) in [5.41, 5.74) is 1.56. The Kier molecular flexibility index (Phi) is 4.19. The molecule has 0 radical (unpaired) electrons. The number of hydrogen-bond acceptors (Lipinski definition) is 5. The highest BCUT2D eigenvalue weighted by Crippen LogP contribution is 2.23. The molecule has 1 aliphatic heterocycles. The molecule has 5 nitrogen and oxygen atoms in total. The monoisotopic (exact) mass is 293 g/mol. The van der Waals surface area contributed by atoms with Crippen LogP contribution in [-0.2, 0) is 0 Å². The van der Waals surface area contributed by atoms with E-state index in [-0.39, 0.29) is 0 Å². The van der Waals surface area contributed by atoms with Gasteiger partial charge in [-0.25, -0.2) is 9.97 Å². The summed E-state index contributed by atoms with van der Waals surface area (Å²) in [5.74, 6) is 2.45. The number of aromatic nitrogens is 2. The highest BCUT2D eigenvalue weighted by atomic mass is 15.2. The smallest absolute Gasteiger partial charge is 0.135 e. The number of nitriles is 1. The van der Waals surface area contributed by atoms with Crippen LogP contribution >= 0.6 is 0 Å². The topological polar surface area (TPSA) is 64.8 Å². The molecule has 1 fully saturated rings. The zero-order valence-corrected chi connectivity index (χ0v) is 12.7. The van der Waals surface area contributed by atoms with E-state index in [0.29, 0.717) is 11.5 Å². The van der Waals surface area contributed by atoms with Gasteiger partial charge in [0.1, 0.15) is 18.0 Å². The fourth-order valence-electron chi connectivity index (χ4n) is 2.76. The van der Waals surface area contributed by atoms with Crippen LogP contribution in [0.2, 0.25) is 0 Å². The van der Waals surface area contributed by atoms with Gasteiger partial charge in [0.15, 0.2) is 0 Å². The molecule has 0 bridgehead atoms. The fraction of sp³-hybridized carbons (Fsp3) is 0.353. The highest BCUT2D eigenvalue weighted by molar-refractivity contribution is 5.60. The lowest BCUT2D eigenvalue weighted by Gasteiger charge is -2.31. The molecular formula is C17H19N5. The second-order valence-corrected chi connectivity index (χ2v) is 5.77. The summed E-state index contributed by atoms with van der Waals surface area (Å²) < 4.78 is 0. The first-order valence-electron chi connectivity index (χ1n) is 7.59. The Labute approximate surface area is 130 Å². The molecule has 0 spiro atoms. The number of anilines is 3. The Morgan fingerprint density at radius 3 is 2.82 bits per heavy atom. The van der Waals surface area contributed by atoms with Crippen LogP contribution in [0.5, 0.6) is 0 Å². The summed E-state index contributed by atoms with van der Waals surface area (Å²) in [7, 11) is 0. The Morgan fingerprint density at radius 1 is 1.27 bits per heavy atom. The predicted octanol–water partition coefficient (Wildman–Crippen LogP) is 3.33. The Balaban J connectivity index is 1.74. The van der Waals surface area contributed by atoms with Crippen LogP contribution in [0.15, 0.2) is 36.7 Å². The van der Waals surface area contributed by atoms with E-state index >= 15 is 0 Å². The Bertz CT molecular complexity index is 674. The van der Waals surface area contributed by atoms with Gasteiger partial charge in [0, 0.05) is 24.8 Å². The molecule has 0 amide bonds. The van der Waals surface area contributed by atoms with Crippen molar-refractivity contribution in [3.63, 3.8) is 0 Å². The van der Waals surface area contributed by atoms with E-state index in [1.807, 2.05) is 18.2 Å². The van der Waals surface area contributed by atoms with Crippen molar-refractivity contribution < 1.29 is 0 Å². The third kappa shape index (κ3) is 3.34. The first-order valence-corrected chi connectivity index (χ1v) is 7.59. The molecule has 1 aromatic carbocycles. The lowest BCUT2D eigenvalue weighted by molar-refractivity contribution is 0.444. The number of nitrogens with one attached hydrogen (secondary N) is 1. The van der Waals surface area contributed by atoms with Crippen molar-refractivity contribution in [3.8, 4) is 6.07 Å². The maximum atomic E-state index is 8.82. The van der Waals surface area contributed by atoms with E-state index < -0.39 is 0 Å². The molecule has 0 aliphatic carbocycles.